The van der Waals surface area contributed by atoms with E-state index in [4.69, 9.17) is 21.6 Å². The molecular formula is C20H14ClN7O3. The van der Waals surface area contributed by atoms with Crippen molar-refractivity contribution >= 4 is 41.1 Å². The van der Waals surface area contributed by atoms with Gasteiger partial charge in [0.15, 0.2) is 5.65 Å². The van der Waals surface area contributed by atoms with Gasteiger partial charge < -0.3 is 10.1 Å². The zero-order valence-corrected chi connectivity index (χ0v) is 16.7. The number of benzene rings is 1. The molecule has 3 aromatic rings. The van der Waals surface area contributed by atoms with Crippen molar-refractivity contribution in [2.45, 2.75) is 25.3 Å². The first-order chi connectivity index (χ1) is 15.0. The van der Waals surface area contributed by atoms with Crippen LogP contribution < -0.4 is 15.4 Å². The maximum absolute atomic E-state index is 11.9. The first-order valence-corrected chi connectivity index (χ1v) is 9.82. The summed E-state index contributed by atoms with van der Waals surface area (Å²) in [5.74, 6) is 0.0309. The number of amides is 2. The van der Waals surface area contributed by atoms with E-state index in [0.717, 1.165) is 12.8 Å². The number of carbonyl (C=O) groups is 2. The highest BCUT2D eigenvalue weighted by molar-refractivity contribution is 6.31. The largest absolute Gasteiger partial charge is 0.424 e. The van der Waals surface area contributed by atoms with Gasteiger partial charge in [-0.15, -0.1) is 0 Å². The highest BCUT2D eigenvalue weighted by Gasteiger charge is 2.26. The number of aromatic nitrogens is 4. The molecule has 3 heterocycles. The molecule has 1 aliphatic carbocycles. The van der Waals surface area contributed by atoms with Crippen molar-refractivity contribution in [3.63, 3.8) is 0 Å². The Morgan fingerprint density at radius 1 is 1.32 bits per heavy atom. The number of hydrogen-bond donors (Lipinski definition) is 2. The highest BCUT2D eigenvalue weighted by Crippen LogP contribution is 2.29. The first-order valence-electron chi connectivity index (χ1n) is 9.45. The van der Waals surface area contributed by atoms with E-state index in [2.05, 4.69) is 25.7 Å². The van der Waals surface area contributed by atoms with E-state index in [1.54, 1.807) is 24.4 Å². The lowest BCUT2D eigenvalue weighted by molar-refractivity contribution is -0.124. The van der Waals surface area contributed by atoms with Crippen LogP contribution >= 0.6 is 11.6 Å². The number of ether oxygens (including phenoxy) is 1. The van der Waals surface area contributed by atoms with Crippen LogP contribution in [0.15, 0.2) is 30.0 Å². The number of nitrogens with zero attached hydrogens (tertiary/aromatic N) is 5. The molecule has 2 aromatic heterocycles. The van der Waals surface area contributed by atoms with Crippen molar-refractivity contribution in [2.24, 2.45) is 0 Å². The zero-order valence-electron chi connectivity index (χ0n) is 15.9. The molecule has 154 valence electrons. The van der Waals surface area contributed by atoms with Crippen molar-refractivity contribution in [3.8, 4) is 17.8 Å². The molecule has 0 atom stereocenters. The van der Waals surface area contributed by atoms with E-state index in [1.165, 1.54) is 10.6 Å². The van der Waals surface area contributed by atoms with Gasteiger partial charge in [0.05, 0.1) is 23.2 Å². The van der Waals surface area contributed by atoms with Crippen LogP contribution in [0.25, 0.3) is 11.7 Å². The Hall–Kier alpha value is -3.97. The van der Waals surface area contributed by atoms with E-state index < -0.39 is 5.91 Å². The molecule has 2 fully saturated rings. The Morgan fingerprint density at radius 3 is 2.84 bits per heavy atom. The molecule has 2 N–H and O–H groups in total. The normalized spacial score (nSPS) is 17.1. The van der Waals surface area contributed by atoms with Crippen molar-refractivity contribution in [3.05, 3.63) is 46.1 Å². The summed E-state index contributed by atoms with van der Waals surface area (Å²) in [4.78, 5) is 32.3. The maximum atomic E-state index is 11.9. The summed E-state index contributed by atoms with van der Waals surface area (Å²) in [6.07, 6.45) is 5.18. The second kappa shape index (κ2) is 7.37. The number of nitrogens with one attached hydrogen (secondary N) is 2. The van der Waals surface area contributed by atoms with Crippen molar-refractivity contribution in [1.82, 2.24) is 24.9 Å². The van der Waals surface area contributed by atoms with Gasteiger partial charge in [-0.3, -0.25) is 14.9 Å². The van der Waals surface area contributed by atoms with E-state index in [9.17, 15) is 9.59 Å². The van der Waals surface area contributed by atoms with Crippen molar-refractivity contribution in [1.29, 1.82) is 5.26 Å². The lowest BCUT2D eigenvalue weighted by Gasteiger charge is -2.10. The molecule has 1 aliphatic heterocycles. The van der Waals surface area contributed by atoms with E-state index in [-0.39, 0.29) is 23.4 Å². The van der Waals surface area contributed by atoms with Crippen LogP contribution in [0.1, 0.15) is 30.4 Å². The molecule has 0 unspecified atom stereocenters. The quantitative estimate of drug-likeness (QED) is 0.461. The van der Waals surface area contributed by atoms with Crippen LogP contribution in [-0.4, -0.2) is 37.4 Å². The second-order valence-corrected chi connectivity index (χ2v) is 7.57. The smallest absolute Gasteiger partial charge is 0.327 e. The summed E-state index contributed by atoms with van der Waals surface area (Å²) in [5.41, 5.74) is 1.61. The van der Waals surface area contributed by atoms with Gasteiger partial charge in [-0.1, -0.05) is 11.6 Å². The Balaban J connectivity index is 1.56. The minimum atomic E-state index is -0.432. The third kappa shape index (κ3) is 3.78. The summed E-state index contributed by atoms with van der Waals surface area (Å²) in [7, 11) is 0. The summed E-state index contributed by atoms with van der Waals surface area (Å²) >= 11 is 6.08. The monoisotopic (exact) mass is 435 g/mol. The topological polar surface area (TPSA) is 134 Å². The van der Waals surface area contributed by atoms with E-state index >= 15 is 0 Å². The average Bonchev–Trinajstić information content (AvgIpc) is 3.37. The fourth-order valence-corrected chi connectivity index (χ4v) is 3.30. The van der Waals surface area contributed by atoms with Gasteiger partial charge in [-0.05, 0) is 31.1 Å². The van der Waals surface area contributed by atoms with Gasteiger partial charge in [0.1, 0.15) is 11.8 Å². The van der Waals surface area contributed by atoms with Gasteiger partial charge >= 0.3 is 6.01 Å². The number of carbonyl (C=O) groups excluding carboxylic acids is 2. The predicted molar refractivity (Wildman–Crippen MR) is 109 cm³/mol. The minimum Gasteiger partial charge on any atom is -0.424 e. The van der Waals surface area contributed by atoms with Crippen molar-refractivity contribution in [2.75, 3.05) is 5.32 Å². The summed E-state index contributed by atoms with van der Waals surface area (Å²) in [5, 5.41) is 19.1. The average molecular weight is 436 g/mol. The summed E-state index contributed by atoms with van der Waals surface area (Å²) in [6, 6.07) is 6.98. The summed E-state index contributed by atoms with van der Waals surface area (Å²) < 4.78 is 7.32. The number of imide groups is 1. The molecule has 10 nitrogen and oxygen atoms in total. The molecule has 1 saturated carbocycles. The van der Waals surface area contributed by atoms with Crippen LogP contribution in [0.5, 0.6) is 11.8 Å². The highest BCUT2D eigenvalue weighted by atomic mass is 35.5. The molecular weight excluding hydrogens is 422 g/mol. The molecule has 5 rings (SSSR count). The molecule has 31 heavy (non-hydrogen) atoms. The lowest BCUT2D eigenvalue weighted by Crippen LogP contribution is -2.19. The molecule has 2 amide bonds. The number of nitriles is 1. The van der Waals surface area contributed by atoms with Gasteiger partial charge in [0.25, 0.3) is 5.91 Å². The lowest BCUT2D eigenvalue weighted by atomic mass is 10.1. The molecule has 0 radical (unpaired) electrons. The molecule has 1 aromatic carbocycles. The van der Waals surface area contributed by atoms with Crippen LogP contribution in [0, 0.1) is 11.3 Å². The summed E-state index contributed by atoms with van der Waals surface area (Å²) in [6.45, 7) is 0. The van der Waals surface area contributed by atoms with Crippen LogP contribution in [0.3, 0.4) is 0 Å². The second-order valence-electron chi connectivity index (χ2n) is 7.16. The third-order valence-corrected chi connectivity index (χ3v) is 5.09. The number of halogens is 1. The van der Waals surface area contributed by atoms with Crippen LogP contribution in [0.4, 0.5) is 5.95 Å². The SMILES string of the molecule is N#Cc1ccc(Oc2nc(NC3CC3)n3ncc(C=C4CC(=O)NC4=O)c3n2)cc1Cl. The van der Waals surface area contributed by atoms with Gasteiger partial charge in [0, 0.05) is 23.2 Å². The zero-order chi connectivity index (χ0) is 21.5. The van der Waals surface area contributed by atoms with Gasteiger partial charge in [-0.2, -0.15) is 24.8 Å². The fraction of sp³-hybridized carbons (Fsp3) is 0.200. The van der Waals surface area contributed by atoms with E-state index in [1.807, 2.05) is 6.07 Å². The minimum absolute atomic E-state index is 0.00152. The third-order valence-electron chi connectivity index (χ3n) is 4.78. The number of rotatable bonds is 5. The molecule has 0 bridgehead atoms. The van der Waals surface area contributed by atoms with Crippen LogP contribution in [0.2, 0.25) is 5.02 Å². The molecule has 2 aliphatic rings. The molecule has 1 saturated heterocycles. The van der Waals surface area contributed by atoms with Crippen LogP contribution in [-0.2, 0) is 9.59 Å². The molecule has 11 heteroatoms. The Morgan fingerprint density at radius 2 is 2.16 bits per heavy atom. The number of anilines is 1. The Bertz CT molecular complexity index is 1320. The standard InChI is InChI=1S/C20H14ClN7O3/c21-15-7-14(4-1-10(15)8-22)31-20-26-17-12(5-11-6-16(29)25-18(11)30)9-23-28(17)19(27-20)24-13-2-3-13/h1,4-5,7,9,13H,2-3,6H2,(H,24,26,27)(H,25,29,30). The number of hydrogen-bond acceptors (Lipinski definition) is 8. The van der Waals surface area contributed by atoms with Gasteiger partial charge in [0.2, 0.25) is 11.9 Å². The van der Waals surface area contributed by atoms with Gasteiger partial charge in [-0.25, -0.2) is 0 Å². The first kappa shape index (κ1) is 19.0. The Labute approximate surface area is 180 Å². The fourth-order valence-electron chi connectivity index (χ4n) is 3.09. The Kier molecular flexibility index (Phi) is 4.52. The number of fused-ring (bicyclic) bond motifs is 1. The molecule has 0 spiro atoms. The maximum Gasteiger partial charge on any atom is 0.327 e. The van der Waals surface area contributed by atoms with E-state index in [0.29, 0.717) is 40.1 Å². The predicted octanol–water partition coefficient (Wildman–Crippen LogP) is 2.45. The van der Waals surface area contributed by atoms with Crippen molar-refractivity contribution < 1.29 is 14.3 Å².